The lowest BCUT2D eigenvalue weighted by molar-refractivity contribution is 1.19. The summed E-state index contributed by atoms with van der Waals surface area (Å²) in [5.74, 6) is 0. The fourth-order valence-electron chi connectivity index (χ4n) is 8.74. The van der Waals surface area contributed by atoms with Gasteiger partial charge in [0.15, 0.2) is 0 Å². The molecule has 2 nitrogen and oxygen atoms in total. The monoisotopic (exact) mass is 764 g/mol. The van der Waals surface area contributed by atoms with Crippen molar-refractivity contribution in [2.24, 2.45) is 0 Å². The highest BCUT2D eigenvalue weighted by molar-refractivity contribution is 6.10. The number of benzene rings is 10. The zero-order valence-electron chi connectivity index (χ0n) is 33.0. The van der Waals surface area contributed by atoms with Crippen molar-refractivity contribution in [3.63, 3.8) is 0 Å². The summed E-state index contributed by atoms with van der Waals surface area (Å²) in [7, 11) is 0. The first-order valence-corrected chi connectivity index (χ1v) is 20.6. The lowest BCUT2D eigenvalue weighted by Gasteiger charge is -2.26. The van der Waals surface area contributed by atoms with Crippen molar-refractivity contribution in [1.82, 2.24) is 4.57 Å². The molecule has 0 spiro atoms. The number of hydrogen-bond donors (Lipinski definition) is 0. The first kappa shape index (κ1) is 35.2. The average Bonchev–Trinajstić information content (AvgIpc) is 3.66. The second kappa shape index (κ2) is 15.1. The molecular weight excluding hydrogens is 725 g/mol. The number of anilines is 3. The highest BCUT2D eigenvalue weighted by atomic mass is 15.1. The predicted octanol–water partition coefficient (Wildman–Crippen LogP) is 16.1. The molecule has 0 N–H and O–H groups in total. The lowest BCUT2D eigenvalue weighted by atomic mass is 9.99. The van der Waals surface area contributed by atoms with Crippen LogP contribution in [0.1, 0.15) is 0 Å². The van der Waals surface area contributed by atoms with Gasteiger partial charge in [-0.3, -0.25) is 0 Å². The average molecular weight is 765 g/mol. The normalized spacial score (nSPS) is 11.3. The smallest absolute Gasteiger partial charge is 0.0541 e. The van der Waals surface area contributed by atoms with Crippen LogP contribution in [0, 0.1) is 0 Å². The number of nitrogens with zero attached hydrogens (tertiary/aromatic N) is 2. The molecule has 282 valence electrons. The summed E-state index contributed by atoms with van der Waals surface area (Å²) in [6, 6.07) is 87.8. The van der Waals surface area contributed by atoms with E-state index in [1.165, 1.54) is 82.8 Å². The number of rotatable bonds is 8. The van der Waals surface area contributed by atoms with Crippen molar-refractivity contribution in [3.8, 4) is 50.2 Å². The van der Waals surface area contributed by atoms with Crippen molar-refractivity contribution >= 4 is 49.6 Å². The van der Waals surface area contributed by atoms with Gasteiger partial charge in [-0.05, 0) is 122 Å². The van der Waals surface area contributed by atoms with Crippen LogP contribution in [-0.4, -0.2) is 4.57 Å². The van der Waals surface area contributed by atoms with E-state index in [0.717, 1.165) is 17.1 Å². The second-order valence-electron chi connectivity index (χ2n) is 15.4. The minimum Gasteiger partial charge on any atom is -0.310 e. The molecule has 0 aliphatic rings. The van der Waals surface area contributed by atoms with Crippen molar-refractivity contribution in [1.29, 1.82) is 0 Å². The van der Waals surface area contributed by atoms with Crippen molar-refractivity contribution in [2.75, 3.05) is 4.90 Å². The fourth-order valence-corrected chi connectivity index (χ4v) is 8.74. The molecule has 0 saturated carbocycles. The highest BCUT2D eigenvalue weighted by Gasteiger charge is 2.17. The molecule has 11 aromatic rings. The van der Waals surface area contributed by atoms with Crippen molar-refractivity contribution in [3.05, 3.63) is 243 Å². The predicted molar refractivity (Wildman–Crippen MR) is 255 cm³/mol. The molecule has 0 unspecified atom stereocenters. The van der Waals surface area contributed by atoms with E-state index < -0.39 is 0 Å². The van der Waals surface area contributed by atoms with Gasteiger partial charge in [-0.2, -0.15) is 0 Å². The Bertz CT molecular complexity index is 3270. The molecule has 0 aliphatic carbocycles. The van der Waals surface area contributed by atoms with Crippen LogP contribution >= 0.6 is 0 Å². The molecule has 10 aromatic carbocycles. The molecule has 0 fully saturated rings. The SMILES string of the molecule is c1ccc(-c2ccc(-c3ccc(N(c4ccc(-c5ccc6c(c5)c5ccccc5n6-c5ccc6ccccc6c5)cc4)c4cccc(-c5ccccc5)c4)cc3)cc2)cc1. The maximum Gasteiger partial charge on any atom is 0.0541 e. The third-order valence-electron chi connectivity index (χ3n) is 11.8. The molecule has 0 aliphatic heterocycles. The topological polar surface area (TPSA) is 8.17 Å². The standard InChI is InChI=1S/C58H40N2/c1-3-12-41(13-4-1)44-22-24-45(25-23-44)46-26-32-51(33-27-46)59(53-19-11-18-49(38-53)42-14-5-2-6-15-42)52-34-28-47(29-35-52)50-31-37-58-56(40-50)55-20-9-10-21-57(55)60(58)54-36-30-43-16-7-8-17-48(43)39-54/h1-40H. The van der Waals surface area contributed by atoms with Crippen LogP contribution in [0.25, 0.3) is 82.8 Å². The Balaban J connectivity index is 0.959. The molecule has 0 atom stereocenters. The Morgan fingerprint density at radius 3 is 1.38 bits per heavy atom. The Kier molecular flexibility index (Phi) is 8.87. The van der Waals surface area contributed by atoms with Crippen LogP contribution in [0.15, 0.2) is 243 Å². The summed E-state index contributed by atoms with van der Waals surface area (Å²) in [4.78, 5) is 2.36. The molecule has 0 radical (unpaired) electrons. The van der Waals surface area contributed by atoms with Gasteiger partial charge in [0.1, 0.15) is 0 Å². The van der Waals surface area contributed by atoms with E-state index in [2.05, 4.69) is 252 Å². The van der Waals surface area contributed by atoms with E-state index in [4.69, 9.17) is 0 Å². The summed E-state index contributed by atoms with van der Waals surface area (Å²) in [5, 5.41) is 4.98. The Morgan fingerprint density at radius 2 is 0.717 bits per heavy atom. The Hall–Kier alpha value is -7.94. The van der Waals surface area contributed by atoms with Gasteiger partial charge >= 0.3 is 0 Å². The van der Waals surface area contributed by atoms with Gasteiger partial charge in [0.25, 0.3) is 0 Å². The van der Waals surface area contributed by atoms with E-state index in [-0.39, 0.29) is 0 Å². The first-order chi connectivity index (χ1) is 29.7. The first-order valence-electron chi connectivity index (χ1n) is 20.6. The van der Waals surface area contributed by atoms with Crippen LogP contribution in [0.3, 0.4) is 0 Å². The zero-order valence-corrected chi connectivity index (χ0v) is 33.0. The van der Waals surface area contributed by atoms with Crippen LogP contribution < -0.4 is 4.90 Å². The Labute approximate surface area is 350 Å². The molecule has 60 heavy (non-hydrogen) atoms. The summed E-state index contributed by atoms with van der Waals surface area (Å²) in [6.07, 6.45) is 0. The van der Waals surface area contributed by atoms with Crippen molar-refractivity contribution < 1.29 is 0 Å². The molecule has 0 saturated heterocycles. The van der Waals surface area contributed by atoms with E-state index in [1.54, 1.807) is 0 Å². The van der Waals surface area contributed by atoms with E-state index >= 15 is 0 Å². The zero-order chi connectivity index (χ0) is 39.8. The Morgan fingerprint density at radius 1 is 0.250 bits per heavy atom. The minimum atomic E-state index is 1.10. The molecule has 2 heteroatoms. The van der Waals surface area contributed by atoms with E-state index in [9.17, 15) is 0 Å². The minimum absolute atomic E-state index is 1.10. The maximum absolute atomic E-state index is 2.40. The number of aromatic nitrogens is 1. The molecule has 11 rings (SSSR count). The third kappa shape index (κ3) is 6.51. The number of fused-ring (bicyclic) bond motifs is 4. The number of hydrogen-bond acceptors (Lipinski definition) is 1. The quantitative estimate of drug-likeness (QED) is 0.150. The van der Waals surface area contributed by atoms with Crippen LogP contribution in [0.4, 0.5) is 17.1 Å². The molecule has 0 amide bonds. The number of para-hydroxylation sites is 1. The molecule has 0 bridgehead atoms. The van der Waals surface area contributed by atoms with Gasteiger partial charge in [-0.1, -0.05) is 176 Å². The lowest BCUT2D eigenvalue weighted by Crippen LogP contribution is -2.10. The summed E-state index contributed by atoms with van der Waals surface area (Å²) >= 11 is 0. The summed E-state index contributed by atoms with van der Waals surface area (Å²) < 4.78 is 2.40. The summed E-state index contributed by atoms with van der Waals surface area (Å²) in [6.45, 7) is 0. The van der Waals surface area contributed by atoms with Gasteiger partial charge in [-0.15, -0.1) is 0 Å². The molecule has 1 aromatic heterocycles. The highest BCUT2D eigenvalue weighted by Crippen LogP contribution is 2.40. The van der Waals surface area contributed by atoms with Gasteiger partial charge in [-0.25, -0.2) is 0 Å². The van der Waals surface area contributed by atoms with Crippen LogP contribution in [0.2, 0.25) is 0 Å². The van der Waals surface area contributed by atoms with E-state index in [1.807, 2.05) is 0 Å². The second-order valence-corrected chi connectivity index (χ2v) is 15.4. The summed E-state index contributed by atoms with van der Waals surface area (Å²) in [5.41, 5.74) is 16.4. The maximum atomic E-state index is 2.40. The van der Waals surface area contributed by atoms with Crippen LogP contribution in [-0.2, 0) is 0 Å². The fraction of sp³-hybridized carbons (Fsp3) is 0. The van der Waals surface area contributed by atoms with E-state index in [0.29, 0.717) is 0 Å². The van der Waals surface area contributed by atoms with Crippen molar-refractivity contribution in [2.45, 2.75) is 0 Å². The van der Waals surface area contributed by atoms with Gasteiger partial charge in [0.05, 0.1) is 11.0 Å². The van der Waals surface area contributed by atoms with Gasteiger partial charge < -0.3 is 9.47 Å². The third-order valence-corrected chi connectivity index (χ3v) is 11.8. The largest absolute Gasteiger partial charge is 0.310 e. The van der Waals surface area contributed by atoms with Gasteiger partial charge in [0.2, 0.25) is 0 Å². The van der Waals surface area contributed by atoms with Crippen LogP contribution in [0.5, 0.6) is 0 Å². The molecular formula is C58H40N2. The molecule has 1 heterocycles. The van der Waals surface area contributed by atoms with Gasteiger partial charge in [0, 0.05) is 33.5 Å².